The summed E-state index contributed by atoms with van der Waals surface area (Å²) in [6.45, 7) is 2.43. The van der Waals surface area contributed by atoms with Gasteiger partial charge in [-0.2, -0.15) is 0 Å². The molecule has 0 bridgehead atoms. The Bertz CT molecular complexity index is 426. The first-order valence-corrected chi connectivity index (χ1v) is 7.95. The zero-order chi connectivity index (χ0) is 14.5. The van der Waals surface area contributed by atoms with Crippen molar-refractivity contribution in [2.24, 2.45) is 0 Å². The van der Waals surface area contributed by atoms with Crippen molar-refractivity contribution in [3.63, 3.8) is 0 Å². The van der Waals surface area contributed by atoms with Gasteiger partial charge in [-0.1, -0.05) is 6.92 Å². The maximum absolute atomic E-state index is 11.7. The smallest absolute Gasteiger partial charge is 0.320 e. The minimum absolute atomic E-state index is 0.0182. The van der Waals surface area contributed by atoms with Crippen molar-refractivity contribution in [1.82, 2.24) is 9.62 Å². The van der Waals surface area contributed by atoms with Gasteiger partial charge in [0.2, 0.25) is 15.9 Å². The number of hydrogen-bond acceptors (Lipinski definition) is 4. The first-order chi connectivity index (χ1) is 8.85. The van der Waals surface area contributed by atoms with Crippen LogP contribution in [0.4, 0.5) is 0 Å². The first kappa shape index (κ1) is 15.9. The van der Waals surface area contributed by atoms with Gasteiger partial charge in [0.25, 0.3) is 0 Å². The summed E-state index contributed by atoms with van der Waals surface area (Å²) in [5, 5.41) is 11.4. The van der Waals surface area contributed by atoms with Crippen LogP contribution in [0.25, 0.3) is 0 Å². The maximum atomic E-state index is 11.7. The van der Waals surface area contributed by atoms with E-state index in [9.17, 15) is 18.0 Å². The Labute approximate surface area is 113 Å². The third-order valence-electron chi connectivity index (χ3n) is 3.00. The van der Waals surface area contributed by atoms with Crippen molar-refractivity contribution in [3.05, 3.63) is 0 Å². The van der Waals surface area contributed by atoms with Crippen molar-refractivity contribution in [2.45, 2.75) is 38.6 Å². The molecule has 1 aliphatic rings. The van der Waals surface area contributed by atoms with E-state index in [1.54, 1.807) is 0 Å². The molecule has 1 rings (SSSR count). The van der Waals surface area contributed by atoms with Gasteiger partial charge in [-0.25, -0.2) is 12.7 Å². The topological polar surface area (TPSA) is 104 Å². The lowest BCUT2D eigenvalue weighted by molar-refractivity contribution is -0.134. The number of aliphatic carboxylic acids is 1. The molecule has 0 aromatic carbocycles. The lowest BCUT2D eigenvalue weighted by atomic mass is 10.1. The highest BCUT2D eigenvalue weighted by Gasteiger charge is 2.30. The van der Waals surface area contributed by atoms with E-state index in [1.807, 2.05) is 6.92 Å². The first-order valence-electron chi connectivity index (χ1n) is 6.34. The molecule has 8 heteroatoms. The highest BCUT2D eigenvalue weighted by atomic mass is 32.2. The van der Waals surface area contributed by atoms with E-state index in [0.29, 0.717) is 19.3 Å². The molecule has 0 atom stereocenters. The number of amides is 1. The number of carbonyl (C=O) groups is 2. The molecule has 110 valence electrons. The van der Waals surface area contributed by atoms with Crippen LogP contribution in [0, 0.1) is 0 Å². The Morgan fingerprint density at radius 1 is 1.32 bits per heavy atom. The molecule has 1 heterocycles. The van der Waals surface area contributed by atoms with Crippen LogP contribution >= 0.6 is 0 Å². The fraction of sp³-hybridized carbons (Fsp3) is 0.818. The number of nitrogens with zero attached hydrogens (tertiary/aromatic N) is 1. The van der Waals surface area contributed by atoms with Crippen molar-refractivity contribution >= 4 is 21.9 Å². The second-order valence-corrected chi connectivity index (χ2v) is 6.61. The standard InChI is InChI=1S/C11H20N2O5S/c1-2-3-10(14)12-9-4-6-13(7-5-9)19(17,18)8-11(15)16/h9H,2-8H2,1H3,(H,12,14)(H,15,16). The number of nitrogens with one attached hydrogen (secondary N) is 1. The Kier molecular flexibility index (Phi) is 5.74. The molecule has 19 heavy (non-hydrogen) atoms. The molecule has 0 spiro atoms. The molecule has 0 unspecified atom stereocenters. The third-order valence-corrected chi connectivity index (χ3v) is 4.76. The SMILES string of the molecule is CCCC(=O)NC1CCN(S(=O)(=O)CC(=O)O)CC1. The van der Waals surface area contributed by atoms with E-state index in [1.165, 1.54) is 4.31 Å². The van der Waals surface area contributed by atoms with Gasteiger partial charge >= 0.3 is 5.97 Å². The molecule has 1 aliphatic heterocycles. The summed E-state index contributed by atoms with van der Waals surface area (Å²) >= 11 is 0. The normalized spacial score (nSPS) is 18.2. The molecule has 0 aromatic rings. The van der Waals surface area contributed by atoms with E-state index in [4.69, 9.17) is 5.11 Å². The van der Waals surface area contributed by atoms with Crippen molar-refractivity contribution in [3.8, 4) is 0 Å². The molecule has 1 fully saturated rings. The average molecular weight is 292 g/mol. The van der Waals surface area contributed by atoms with Crippen LogP contribution in [0.5, 0.6) is 0 Å². The fourth-order valence-corrected chi connectivity index (χ4v) is 3.31. The average Bonchev–Trinajstić information content (AvgIpc) is 2.28. The molecule has 0 saturated carbocycles. The minimum atomic E-state index is -3.72. The van der Waals surface area contributed by atoms with Gasteiger partial charge in [0.15, 0.2) is 5.75 Å². The third kappa shape index (κ3) is 5.15. The van der Waals surface area contributed by atoms with Gasteiger partial charge in [-0.15, -0.1) is 0 Å². The monoisotopic (exact) mass is 292 g/mol. The van der Waals surface area contributed by atoms with Crippen LogP contribution in [-0.4, -0.2) is 54.6 Å². The van der Waals surface area contributed by atoms with E-state index in [2.05, 4.69) is 5.32 Å². The molecular weight excluding hydrogens is 272 g/mol. The second-order valence-electron chi connectivity index (χ2n) is 4.64. The van der Waals surface area contributed by atoms with Crippen molar-refractivity contribution < 1.29 is 23.1 Å². The van der Waals surface area contributed by atoms with Gasteiger partial charge in [0.1, 0.15) is 0 Å². The van der Waals surface area contributed by atoms with Crippen LogP contribution in [0.3, 0.4) is 0 Å². The predicted octanol–water partition coefficient (Wildman–Crippen LogP) is -0.218. The van der Waals surface area contributed by atoms with E-state index < -0.39 is 21.7 Å². The van der Waals surface area contributed by atoms with Crippen LogP contribution in [0.15, 0.2) is 0 Å². The minimum Gasteiger partial charge on any atom is -0.480 e. The highest BCUT2D eigenvalue weighted by molar-refractivity contribution is 7.89. The predicted molar refractivity (Wildman–Crippen MR) is 69.1 cm³/mol. The molecule has 0 aromatic heterocycles. The number of carboxylic acids is 1. The number of hydrogen-bond donors (Lipinski definition) is 2. The molecule has 1 saturated heterocycles. The molecule has 0 radical (unpaired) electrons. The molecule has 0 aliphatic carbocycles. The molecule has 1 amide bonds. The number of carboxylic acid groups (broad SMARTS) is 1. The van der Waals surface area contributed by atoms with Gasteiger partial charge in [-0.05, 0) is 19.3 Å². The fourth-order valence-electron chi connectivity index (χ4n) is 2.05. The van der Waals surface area contributed by atoms with Crippen molar-refractivity contribution in [1.29, 1.82) is 0 Å². The number of rotatable bonds is 6. The Balaban J connectivity index is 2.44. The largest absolute Gasteiger partial charge is 0.480 e. The summed E-state index contributed by atoms with van der Waals surface area (Å²) in [4.78, 5) is 21.9. The summed E-state index contributed by atoms with van der Waals surface area (Å²) in [6, 6.07) is -0.0182. The summed E-state index contributed by atoms with van der Waals surface area (Å²) < 4.78 is 24.6. The van der Waals surface area contributed by atoms with Crippen LogP contribution < -0.4 is 5.32 Å². The number of sulfonamides is 1. The quantitative estimate of drug-likeness (QED) is 0.704. The molecule has 7 nitrogen and oxygen atoms in total. The lowest BCUT2D eigenvalue weighted by Gasteiger charge is -2.31. The summed E-state index contributed by atoms with van der Waals surface area (Å²) in [6.07, 6.45) is 2.29. The number of carbonyl (C=O) groups excluding carboxylic acids is 1. The van der Waals surface area contributed by atoms with Crippen LogP contribution in [0.2, 0.25) is 0 Å². The van der Waals surface area contributed by atoms with Gasteiger partial charge < -0.3 is 10.4 Å². The zero-order valence-corrected chi connectivity index (χ0v) is 11.8. The maximum Gasteiger partial charge on any atom is 0.320 e. The lowest BCUT2D eigenvalue weighted by Crippen LogP contribution is -2.47. The van der Waals surface area contributed by atoms with Gasteiger partial charge in [0, 0.05) is 25.6 Å². The van der Waals surface area contributed by atoms with E-state index >= 15 is 0 Å². The van der Waals surface area contributed by atoms with Gasteiger partial charge in [-0.3, -0.25) is 9.59 Å². The number of piperidine rings is 1. The van der Waals surface area contributed by atoms with Crippen molar-refractivity contribution in [2.75, 3.05) is 18.8 Å². The second kappa shape index (κ2) is 6.85. The Morgan fingerprint density at radius 2 is 1.89 bits per heavy atom. The highest BCUT2D eigenvalue weighted by Crippen LogP contribution is 2.14. The summed E-state index contributed by atoms with van der Waals surface area (Å²) in [5.74, 6) is -2.24. The summed E-state index contributed by atoms with van der Waals surface area (Å²) in [5.41, 5.74) is 0. The zero-order valence-electron chi connectivity index (χ0n) is 11.0. The Hall–Kier alpha value is -1.15. The van der Waals surface area contributed by atoms with Crippen LogP contribution in [0.1, 0.15) is 32.6 Å². The van der Waals surface area contributed by atoms with E-state index in [0.717, 1.165) is 6.42 Å². The van der Waals surface area contributed by atoms with Gasteiger partial charge in [0.05, 0.1) is 0 Å². The Morgan fingerprint density at radius 3 is 2.37 bits per heavy atom. The molecular formula is C11H20N2O5S. The van der Waals surface area contributed by atoms with E-state index in [-0.39, 0.29) is 25.0 Å². The molecule has 2 N–H and O–H groups in total. The summed E-state index contributed by atoms with van der Waals surface area (Å²) in [7, 11) is -3.72. The van der Waals surface area contributed by atoms with Crippen LogP contribution in [-0.2, 0) is 19.6 Å².